The van der Waals surface area contributed by atoms with Gasteiger partial charge in [-0.25, -0.2) is 9.18 Å². The van der Waals surface area contributed by atoms with Crippen LogP contribution in [-0.4, -0.2) is 16.8 Å². The first-order valence-electron chi connectivity index (χ1n) is 7.33. The summed E-state index contributed by atoms with van der Waals surface area (Å²) in [7, 11) is 0. The molecule has 1 atom stereocenters. The molecule has 0 radical (unpaired) electrons. The molecule has 2 aromatic rings. The molecule has 0 unspecified atom stereocenters. The number of amides is 3. The number of hydrogen-bond acceptors (Lipinski definition) is 3. The number of urea groups is 1. The average molecular weight is 323 g/mol. The fourth-order valence-corrected chi connectivity index (χ4v) is 2.71. The molecule has 3 rings (SSSR count). The monoisotopic (exact) mass is 323 g/mol. The number of imide groups is 1. The van der Waals surface area contributed by atoms with Crippen LogP contribution in [0.4, 0.5) is 9.18 Å². The molecule has 0 spiro atoms. The molecule has 1 N–H and O–H groups in total. The molecular formula is C18H14FN3O2. The van der Waals surface area contributed by atoms with E-state index in [1.54, 1.807) is 31.2 Å². The minimum atomic E-state index is -1.23. The lowest BCUT2D eigenvalue weighted by Gasteiger charge is -2.22. The quantitative estimate of drug-likeness (QED) is 0.883. The van der Waals surface area contributed by atoms with Crippen molar-refractivity contribution in [2.24, 2.45) is 0 Å². The largest absolute Gasteiger partial charge is 0.325 e. The zero-order valence-corrected chi connectivity index (χ0v) is 12.9. The van der Waals surface area contributed by atoms with Crippen molar-refractivity contribution in [2.45, 2.75) is 19.0 Å². The Morgan fingerprint density at radius 3 is 2.58 bits per heavy atom. The molecule has 1 heterocycles. The van der Waals surface area contributed by atoms with Gasteiger partial charge < -0.3 is 5.32 Å². The fraction of sp³-hybridized carbons (Fsp3) is 0.167. The van der Waals surface area contributed by atoms with Crippen molar-refractivity contribution in [3.05, 3.63) is 71.0 Å². The number of benzene rings is 2. The second-order valence-corrected chi connectivity index (χ2v) is 5.77. The summed E-state index contributed by atoms with van der Waals surface area (Å²) in [5.41, 5.74) is 0.369. The topological polar surface area (TPSA) is 73.2 Å². The smallest absolute Gasteiger partial charge is 0.319 e. The molecule has 0 aromatic heterocycles. The van der Waals surface area contributed by atoms with Crippen LogP contribution in [0.5, 0.6) is 0 Å². The standard InChI is InChI=1S/C18H14FN3O2/c1-18(14-4-2-3-13(9-14)10-20)16(23)22(17(24)21-18)11-12-5-7-15(19)8-6-12/h2-9H,11H2,1H3,(H,21,24)/t18-/m0/s1. The van der Waals surface area contributed by atoms with E-state index in [9.17, 15) is 14.0 Å². The van der Waals surface area contributed by atoms with E-state index in [0.717, 1.165) is 4.90 Å². The van der Waals surface area contributed by atoms with Gasteiger partial charge >= 0.3 is 6.03 Å². The second-order valence-electron chi connectivity index (χ2n) is 5.77. The van der Waals surface area contributed by atoms with E-state index in [1.807, 2.05) is 6.07 Å². The summed E-state index contributed by atoms with van der Waals surface area (Å²) < 4.78 is 13.0. The van der Waals surface area contributed by atoms with Crippen molar-refractivity contribution in [1.82, 2.24) is 10.2 Å². The lowest BCUT2D eigenvalue weighted by Crippen LogP contribution is -2.40. The van der Waals surface area contributed by atoms with E-state index in [1.165, 1.54) is 24.3 Å². The molecule has 120 valence electrons. The van der Waals surface area contributed by atoms with Crippen LogP contribution in [0, 0.1) is 17.1 Å². The van der Waals surface area contributed by atoms with Gasteiger partial charge in [0.15, 0.2) is 0 Å². The summed E-state index contributed by atoms with van der Waals surface area (Å²) in [6.45, 7) is 1.66. The average Bonchev–Trinajstić information content (AvgIpc) is 2.81. The van der Waals surface area contributed by atoms with Crippen LogP contribution < -0.4 is 5.32 Å². The number of nitrogens with zero attached hydrogens (tertiary/aromatic N) is 2. The molecule has 24 heavy (non-hydrogen) atoms. The van der Waals surface area contributed by atoms with E-state index >= 15 is 0 Å². The summed E-state index contributed by atoms with van der Waals surface area (Å²) >= 11 is 0. The lowest BCUT2D eigenvalue weighted by molar-refractivity contribution is -0.131. The van der Waals surface area contributed by atoms with Crippen molar-refractivity contribution < 1.29 is 14.0 Å². The second kappa shape index (κ2) is 5.78. The zero-order valence-electron chi connectivity index (χ0n) is 12.9. The van der Waals surface area contributed by atoms with E-state index in [4.69, 9.17) is 5.26 Å². The molecule has 0 aliphatic carbocycles. The summed E-state index contributed by atoms with van der Waals surface area (Å²) in [4.78, 5) is 26.1. The summed E-state index contributed by atoms with van der Waals surface area (Å²) in [5.74, 6) is -0.791. The Balaban J connectivity index is 1.90. The van der Waals surface area contributed by atoms with Gasteiger partial charge in [-0.1, -0.05) is 24.3 Å². The third-order valence-corrected chi connectivity index (χ3v) is 4.10. The summed E-state index contributed by atoms with van der Waals surface area (Å²) in [6.07, 6.45) is 0. The summed E-state index contributed by atoms with van der Waals surface area (Å²) in [5, 5.41) is 11.7. The number of halogens is 1. The molecule has 6 heteroatoms. The Hall–Kier alpha value is -3.20. The van der Waals surface area contributed by atoms with Crippen molar-refractivity contribution in [3.8, 4) is 6.07 Å². The van der Waals surface area contributed by atoms with Gasteiger partial charge in [0.25, 0.3) is 5.91 Å². The van der Waals surface area contributed by atoms with E-state index in [-0.39, 0.29) is 12.4 Å². The Morgan fingerprint density at radius 2 is 1.92 bits per heavy atom. The van der Waals surface area contributed by atoms with Gasteiger partial charge in [-0.3, -0.25) is 9.69 Å². The normalized spacial score (nSPS) is 20.0. The van der Waals surface area contributed by atoms with E-state index < -0.39 is 17.5 Å². The predicted molar refractivity (Wildman–Crippen MR) is 84.0 cm³/mol. The highest BCUT2D eigenvalue weighted by atomic mass is 19.1. The fourth-order valence-electron chi connectivity index (χ4n) is 2.71. The molecular weight excluding hydrogens is 309 g/mol. The highest BCUT2D eigenvalue weighted by Gasteiger charge is 2.48. The highest BCUT2D eigenvalue weighted by Crippen LogP contribution is 2.30. The van der Waals surface area contributed by atoms with Crippen molar-refractivity contribution in [1.29, 1.82) is 5.26 Å². The molecule has 1 saturated heterocycles. The third kappa shape index (κ3) is 2.61. The molecule has 1 aliphatic rings. The molecule has 3 amide bonds. The minimum Gasteiger partial charge on any atom is -0.319 e. The number of carbonyl (C=O) groups excluding carboxylic acids is 2. The van der Waals surface area contributed by atoms with E-state index in [2.05, 4.69) is 5.32 Å². The molecule has 5 nitrogen and oxygen atoms in total. The zero-order chi connectivity index (χ0) is 17.3. The van der Waals surface area contributed by atoms with Gasteiger partial charge in [0, 0.05) is 0 Å². The minimum absolute atomic E-state index is 0.0540. The molecule has 1 aliphatic heterocycles. The number of nitriles is 1. The number of nitrogens with one attached hydrogen (secondary N) is 1. The maximum atomic E-state index is 13.0. The van der Waals surface area contributed by atoms with Crippen LogP contribution in [0.2, 0.25) is 0 Å². The Morgan fingerprint density at radius 1 is 1.21 bits per heavy atom. The van der Waals surface area contributed by atoms with Crippen LogP contribution in [0.15, 0.2) is 48.5 Å². The van der Waals surface area contributed by atoms with Gasteiger partial charge in [0.1, 0.15) is 11.4 Å². The molecule has 2 aromatic carbocycles. The first-order valence-corrected chi connectivity index (χ1v) is 7.33. The lowest BCUT2D eigenvalue weighted by atomic mass is 9.91. The van der Waals surface area contributed by atoms with Crippen molar-refractivity contribution in [2.75, 3.05) is 0 Å². The van der Waals surface area contributed by atoms with E-state index in [0.29, 0.717) is 16.7 Å². The number of hydrogen-bond donors (Lipinski definition) is 1. The SMILES string of the molecule is C[C@@]1(c2cccc(C#N)c2)NC(=O)N(Cc2ccc(F)cc2)C1=O. The van der Waals surface area contributed by atoms with Crippen LogP contribution in [-0.2, 0) is 16.9 Å². The van der Waals surface area contributed by atoms with Gasteiger partial charge in [-0.15, -0.1) is 0 Å². The first kappa shape index (κ1) is 15.7. The van der Waals surface area contributed by atoms with Crippen LogP contribution in [0.25, 0.3) is 0 Å². The van der Waals surface area contributed by atoms with Gasteiger partial charge in [-0.05, 0) is 42.3 Å². The molecule has 1 fully saturated rings. The van der Waals surface area contributed by atoms with Crippen molar-refractivity contribution in [3.63, 3.8) is 0 Å². The number of carbonyl (C=O) groups is 2. The Kier molecular flexibility index (Phi) is 3.78. The third-order valence-electron chi connectivity index (χ3n) is 4.10. The van der Waals surface area contributed by atoms with Crippen molar-refractivity contribution >= 4 is 11.9 Å². The Labute approximate surface area is 138 Å². The van der Waals surface area contributed by atoms with Gasteiger partial charge in [0.2, 0.25) is 0 Å². The van der Waals surface area contributed by atoms with Crippen LogP contribution in [0.1, 0.15) is 23.6 Å². The van der Waals surface area contributed by atoms with Gasteiger partial charge in [0.05, 0.1) is 18.2 Å². The molecule has 0 saturated carbocycles. The van der Waals surface area contributed by atoms with Crippen LogP contribution in [0.3, 0.4) is 0 Å². The molecule has 0 bridgehead atoms. The predicted octanol–water partition coefficient (Wildman–Crippen LogP) is 2.66. The Bertz CT molecular complexity index is 857. The maximum absolute atomic E-state index is 13.0. The summed E-state index contributed by atoms with van der Waals surface area (Å²) in [6, 6.07) is 13.7. The van der Waals surface area contributed by atoms with Crippen LogP contribution >= 0.6 is 0 Å². The van der Waals surface area contributed by atoms with Gasteiger partial charge in [-0.2, -0.15) is 5.26 Å². The number of rotatable bonds is 3. The highest BCUT2D eigenvalue weighted by molar-refractivity contribution is 6.07. The first-order chi connectivity index (χ1) is 11.4. The maximum Gasteiger partial charge on any atom is 0.325 e.